The van der Waals surface area contributed by atoms with Gasteiger partial charge in [-0.2, -0.15) is 10.1 Å². The van der Waals surface area contributed by atoms with E-state index in [0.29, 0.717) is 66.4 Å². The SMILES string of the molecule is Cc1nn(-c2ccc(F)cc2)c(C)c1C(=O)N1CCN(Cc2nc(-c3ccc(Cl)cc3)no2)CC1. The minimum Gasteiger partial charge on any atom is -0.338 e. The number of hydrogen-bond acceptors (Lipinski definition) is 6. The number of aromatic nitrogens is 4. The Balaban J connectivity index is 1.22. The van der Waals surface area contributed by atoms with Gasteiger partial charge in [-0.15, -0.1) is 0 Å². The van der Waals surface area contributed by atoms with Gasteiger partial charge < -0.3 is 9.42 Å². The topological polar surface area (TPSA) is 80.3 Å². The van der Waals surface area contributed by atoms with E-state index in [4.69, 9.17) is 16.1 Å². The van der Waals surface area contributed by atoms with Gasteiger partial charge in [-0.05, 0) is 62.4 Å². The summed E-state index contributed by atoms with van der Waals surface area (Å²) in [5, 5.41) is 9.25. The average molecular weight is 495 g/mol. The Morgan fingerprint density at radius 2 is 1.71 bits per heavy atom. The Bertz CT molecular complexity index is 1340. The third-order valence-corrected chi connectivity index (χ3v) is 6.42. The Hall–Kier alpha value is -3.56. The highest BCUT2D eigenvalue weighted by Gasteiger charge is 2.28. The van der Waals surface area contributed by atoms with Gasteiger partial charge >= 0.3 is 0 Å². The van der Waals surface area contributed by atoms with E-state index < -0.39 is 0 Å². The molecule has 1 fully saturated rings. The number of carbonyl (C=O) groups excluding carboxylic acids is 1. The lowest BCUT2D eigenvalue weighted by molar-refractivity contribution is 0.0613. The molecule has 1 aliphatic rings. The molecule has 1 amide bonds. The van der Waals surface area contributed by atoms with Crippen molar-refractivity contribution in [1.29, 1.82) is 0 Å². The second-order valence-corrected chi connectivity index (χ2v) is 8.96. The minimum absolute atomic E-state index is 0.0455. The third kappa shape index (κ3) is 4.82. The van der Waals surface area contributed by atoms with Crippen molar-refractivity contribution >= 4 is 17.5 Å². The van der Waals surface area contributed by atoms with Gasteiger partial charge in [-0.1, -0.05) is 16.8 Å². The average Bonchev–Trinajstić information content (AvgIpc) is 3.44. The smallest absolute Gasteiger partial charge is 0.257 e. The summed E-state index contributed by atoms with van der Waals surface area (Å²) >= 11 is 5.94. The number of piperazine rings is 1. The molecule has 0 aliphatic carbocycles. The molecular weight excluding hydrogens is 471 g/mol. The fraction of sp³-hybridized carbons (Fsp3) is 0.280. The van der Waals surface area contributed by atoms with Crippen molar-refractivity contribution in [3.05, 3.63) is 82.2 Å². The molecule has 0 spiro atoms. The second-order valence-electron chi connectivity index (χ2n) is 8.52. The van der Waals surface area contributed by atoms with Crippen LogP contribution in [0.1, 0.15) is 27.6 Å². The van der Waals surface area contributed by atoms with Crippen LogP contribution in [0.5, 0.6) is 0 Å². The van der Waals surface area contributed by atoms with E-state index in [-0.39, 0.29) is 11.7 Å². The van der Waals surface area contributed by atoms with Crippen molar-refractivity contribution < 1.29 is 13.7 Å². The molecule has 1 saturated heterocycles. The Labute approximate surface area is 206 Å². The fourth-order valence-corrected chi connectivity index (χ4v) is 4.41. The van der Waals surface area contributed by atoms with Crippen molar-refractivity contribution in [3.8, 4) is 17.1 Å². The highest BCUT2D eigenvalue weighted by atomic mass is 35.5. The predicted molar refractivity (Wildman–Crippen MR) is 129 cm³/mol. The van der Waals surface area contributed by atoms with Crippen molar-refractivity contribution in [2.45, 2.75) is 20.4 Å². The summed E-state index contributed by atoms with van der Waals surface area (Å²) in [4.78, 5) is 21.8. The fourth-order valence-electron chi connectivity index (χ4n) is 4.28. The van der Waals surface area contributed by atoms with Crippen LogP contribution in [0.25, 0.3) is 17.1 Å². The lowest BCUT2D eigenvalue weighted by atomic mass is 10.1. The molecule has 10 heteroatoms. The molecule has 180 valence electrons. The number of benzene rings is 2. The van der Waals surface area contributed by atoms with Crippen molar-refractivity contribution in [3.63, 3.8) is 0 Å². The molecule has 4 aromatic rings. The van der Waals surface area contributed by atoms with E-state index in [1.165, 1.54) is 12.1 Å². The van der Waals surface area contributed by atoms with Crippen LogP contribution in [0.15, 0.2) is 53.1 Å². The molecule has 0 atom stereocenters. The Kier molecular flexibility index (Phi) is 6.36. The van der Waals surface area contributed by atoms with Crippen LogP contribution in [-0.2, 0) is 6.54 Å². The molecule has 2 aromatic heterocycles. The van der Waals surface area contributed by atoms with Gasteiger partial charge in [0.25, 0.3) is 5.91 Å². The first-order valence-electron chi connectivity index (χ1n) is 11.3. The number of hydrogen-bond donors (Lipinski definition) is 0. The summed E-state index contributed by atoms with van der Waals surface area (Å²) in [5.41, 5.74) is 3.54. The normalized spacial score (nSPS) is 14.5. The first-order chi connectivity index (χ1) is 16.9. The first-order valence-corrected chi connectivity index (χ1v) is 11.7. The largest absolute Gasteiger partial charge is 0.338 e. The van der Waals surface area contributed by atoms with Crippen molar-refractivity contribution in [2.75, 3.05) is 26.2 Å². The van der Waals surface area contributed by atoms with E-state index in [9.17, 15) is 9.18 Å². The molecular formula is C25H24ClFN6O2. The minimum atomic E-state index is -0.314. The van der Waals surface area contributed by atoms with Crippen LogP contribution in [0.3, 0.4) is 0 Å². The molecule has 3 heterocycles. The van der Waals surface area contributed by atoms with E-state index in [0.717, 1.165) is 11.3 Å². The van der Waals surface area contributed by atoms with Gasteiger partial charge in [0.2, 0.25) is 11.7 Å². The zero-order valence-electron chi connectivity index (χ0n) is 19.4. The third-order valence-electron chi connectivity index (χ3n) is 6.17. The maximum atomic E-state index is 13.3. The molecule has 2 aromatic carbocycles. The van der Waals surface area contributed by atoms with Crippen LogP contribution in [0.2, 0.25) is 5.02 Å². The van der Waals surface area contributed by atoms with Gasteiger partial charge in [0.1, 0.15) is 5.82 Å². The highest BCUT2D eigenvalue weighted by Crippen LogP contribution is 2.22. The van der Waals surface area contributed by atoms with Crippen molar-refractivity contribution in [2.24, 2.45) is 0 Å². The summed E-state index contributed by atoms with van der Waals surface area (Å²) in [6.45, 7) is 6.74. The standard InChI is InChI=1S/C25H24ClFN6O2/c1-16-23(17(2)33(29-16)21-9-7-20(27)8-10-21)25(34)32-13-11-31(12-14-32)15-22-28-24(30-35-22)18-3-5-19(26)6-4-18/h3-10H,11-15H2,1-2H3. The van der Waals surface area contributed by atoms with Gasteiger partial charge in [-0.25, -0.2) is 9.07 Å². The number of nitrogens with zero attached hydrogens (tertiary/aromatic N) is 6. The molecule has 8 nitrogen and oxygen atoms in total. The monoisotopic (exact) mass is 494 g/mol. The number of rotatable bonds is 5. The van der Waals surface area contributed by atoms with Crippen molar-refractivity contribution in [1.82, 2.24) is 29.7 Å². The maximum Gasteiger partial charge on any atom is 0.257 e. The van der Waals surface area contributed by atoms with Crippen LogP contribution in [0.4, 0.5) is 4.39 Å². The summed E-state index contributed by atoms with van der Waals surface area (Å²) < 4.78 is 20.4. The number of carbonyl (C=O) groups is 1. The van der Waals surface area contributed by atoms with Gasteiger partial charge in [0, 0.05) is 36.8 Å². The maximum absolute atomic E-state index is 13.3. The summed E-state index contributed by atoms with van der Waals surface area (Å²) in [5.74, 6) is 0.693. The van der Waals surface area contributed by atoms with Crippen LogP contribution < -0.4 is 0 Å². The molecule has 1 aliphatic heterocycles. The number of aryl methyl sites for hydroxylation is 1. The highest BCUT2D eigenvalue weighted by molar-refractivity contribution is 6.30. The Morgan fingerprint density at radius 3 is 2.40 bits per heavy atom. The van der Waals surface area contributed by atoms with Crippen LogP contribution >= 0.6 is 11.6 Å². The first kappa shape index (κ1) is 23.2. The second kappa shape index (κ2) is 9.59. The summed E-state index contributed by atoms with van der Waals surface area (Å²) in [6, 6.07) is 13.3. The van der Waals surface area contributed by atoms with E-state index in [2.05, 4.69) is 20.1 Å². The number of amides is 1. The molecule has 0 unspecified atom stereocenters. The molecule has 0 N–H and O–H groups in total. The van der Waals surface area contributed by atoms with E-state index >= 15 is 0 Å². The van der Waals surface area contributed by atoms with Gasteiger partial charge in [-0.3, -0.25) is 9.69 Å². The van der Waals surface area contributed by atoms with E-state index in [1.807, 2.05) is 30.9 Å². The molecule has 0 bridgehead atoms. The van der Waals surface area contributed by atoms with E-state index in [1.54, 1.807) is 28.9 Å². The lowest BCUT2D eigenvalue weighted by Crippen LogP contribution is -2.48. The molecule has 5 rings (SSSR count). The molecule has 0 radical (unpaired) electrons. The van der Waals surface area contributed by atoms with Gasteiger partial charge in [0.05, 0.1) is 29.2 Å². The summed E-state index contributed by atoms with van der Waals surface area (Å²) in [7, 11) is 0. The predicted octanol–water partition coefficient (Wildman–Crippen LogP) is 4.29. The van der Waals surface area contributed by atoms with Gasteiger partial charge in [0.15, 0.2) is 0 Å². The molecule has 35 heavy (non-hydrogen) atoms. The zero-order chi connectivity index (χ0) is 24.5. The van der Waals surface area contributed by atoms with Crippen LogP contribution in [0, 0.1) is 19.7 Å². The zero-order valence-corrected chi connectivity index (χ0v) is 20.2. The summed E-state index contributed by atoms with van der Waals surface area (Å²) in [6.07, 6.45) is 0. The quantitative estimate of drug-likeness (QED) is 0.412. The molecule has 0 saturated carbocycles. The Morgan fingerprint density at radius 1 is 1.03 bits per heavy atom. The van der Waals surface area contributed by atoms with Crippen LogP contribution in [-0.4, -0.2) is 61.8 Å². The number of halogens is 2. The lowest BCUT2D eigenvalue weighted by Gasteiger charge is -2.34.